The number of carbonyl (C=O) groups is 1. The van der Waals surface area contributed by atoms with Gasteiger partial charge in [-0.2, -0.15) is 0 Å². The zero-order chi connectivity index (χ0) is 6.97. The van der Waals surface area contributed by atoms with Gasteiger partial charge in [-0.25, -0.2) is 0 Å². The fraction of sp³-hybridized carbons (Fsp3) is 0.750. The van der Waals surface area contributed by atoms with Crippen molar-refractivity contribution in [1.82, 2.24) is 5.32 Å². The average Bonchev–Trinajstić information content (AvgIpc) is 1.99. The Morgan fingerprint density at radius 3 is 3.00 bits per heavy atom. The topological polar surface area (TPSA) is 29.1 Å². The summed E-state index contributed by atoms with van der Waals surface area (Å²) in [7, 11) is 0. The maximum atomic E-state index is 11.1. The van der Waals surface area contributed by atoms with Crippen LogP contribution in [0.25, 0.3) is 0 Å². The fourth-order valence-corrected chi connectivity index (χ4v) is 1.81. The van der Waals surface area contributed by atoms with Crippen LogP contribution in [0.3, 0.4) is 0 Å². The number of Topliss-reactive ketones (excluding diaryl/α,β-unsaturated/α-hetero) is 1. The second-order valence-electron chi connectivity index (χ2n) is 3.17. The van der Waals surface area contributed by atoms with Crippen molar-refractivity contribution in [1.29, 1.82) is 0 Å². The zero-order valence-corrected chi connectivity index (χ0v) is 6.02. The third-order valence-electron chi connectivity index (χ3n) is 2.41. The first-order valence-corrected chi connectivity index (χ1v) is 4.02. The molecule has 1 radical (unpaired) electrons. The van der Waals surface area contributed by atoms with Crippen LogP contribution in [0.15, 0.2) is 0 Å². The van der Waals surface area contributed by atoms with Gasteiger partial charge in [-0.3, -0.25) is 4.79 Å². The Hall–Kier alpha value is -0.370. The molecule has 2 heterocycles. The van der Waals surface area contributed by atoms with Gasteiger partial charge in [0.15, 0.2) is 5.78 Å². The molecule has 55 valence electrons. The van der Waals surface area contributed by atoms with E-state index in [0.717, 1.165) is 25.3 Å². The summed E-state index contributed by atoms with van der Waals surface area (Å²) in [5.41, 5.74) is 0. The van der Waals surface area contributed by atoms with Gasteiger partial charge in [0.2, 0.25) is 0 Å². The first-order chi connectivity index (χ1) is 4.86. The number of carbonyl (C=O) groups excluding carboxylic acids is 1. The summed E-state index contributed by atoms with van der Waals surface area (Å²) in [6, 6.07) is 1.63. The van der Waals surface area contributed by atoms with Crippen molar-refractivity contribution in [3.8, 4) is 0 Å². The number of fused-ring (bicyclic) bond motifs is 2. The normalized spacial score (nSPS) is 34.4. The predicted molar refractivity (Wildman–Crippen MR) is 38.3 cm³/mol. The molecule has 2 saturated heterocycles. The average molecular weight is 138 g/mol. The van der Waals surface area contributed by atoms with Crippen LogP contribution < -0.4 is 5.32 Å². The lowest BCUT2D eigenvalue weighted by molar-refractivity contribution is -0.120. The van der Waals surface area contributed by atoms with Gasteiger partial charge in [-0.1, -0.05) is 0 Å². The molecule has 2 nitrogen and oxygen atoms in total. The van der Waals surface area contributed by atoms with Gasteiger partial charge in [0.25, 0.3) is 0 Å². The van der Waals surface area contributed by atoms with Gasteiger partial charge in [0.1, 0.15) is 6.04 Å². The monoisotopic (exact) mass is 138 g/mol. The molecule has 0 aromatic rings. The quantitative estimate of drug-likeness (QED) is 0.541. The molecule has 2 rings (SSSR count). The van der Waals surface area contributed by atoms with Gasteiger partial charge in [-0.15, -0.1) is 0 Å². The maximum Gasteiger partial charge on any atom is 0.155 e. The Bertz CT molecular complexity index is 155. The Morgan fingerprint density at radius 2 is 2.20 bits per heavy atom. The van der Waals surface area contributed by atoms with E-state index in [2.05, 4.69) is 5.32 Å². The molecule has 0 aliphatic carbocycles. The van der Waals surface area contributed by atoms with E-state index in [0.29, 0.717) is 11.8 Å². The molecule has 1 N–H and O–H groups in total. The minimum Gasteiger partial charge on any atom is -0.300 e. The molecule has 2 heteroatoms. The highest BCUT2D eigenvalue weighted by Crippen LogP contribution is 2.27. The molecule has 2 aliphatic heterocycles. The third kappa shape index (κ3) is 0.966. The molecule has 1 atom stereocenters. The smallest absolute Gasteiger partial charge is 0.155 e. The molecule has 2 aliphatic rings. The van der Waals surface area contributed by atoms with E-state index >= 15 is 0 Å². The van der Waals surface area contributed by atoms with Crippen LogP contribution in [0.5, 0.6) is 0 Å². The Labute approximate surface area is 61.0 Å². The second-order valence-corrected chi connectivity index (χ2v) is 3.17. The van der Waals surface area contributed by atoms with E-state index in [1.54, 1.807) is 0 Å². The maximum absolute atomic E-state index is 11.1. The number of nitrogens with one attached hydrogen (secondary N) is 1. The van der Waals surface area contributed by atoms with Gasteiger partial charge < -0.3 is 5.32 Å². The van der Waals surface area contributed by atoms with Crippen LogP contribution in [0.4, 0.5) is 0 Å². The summed E-state index contributed by atoms with van der Waals surface area (Å²) in [5.74, 6) is 0.357. The molecule has 0 spiro atoms. The molecule has 0 saturated carbocycles. The minimum absolute atomic E-state index is 0.357. The van der Waals surface area contributed by atoms with E-state index in [9.17, 15) is 4.79 Å². The number of ketones is 1. The van der Waals surface area contributed by atoms with E-state index in [1.165, 1.54) is 12.8 Å². The van der Waals surface area contributed by atoms with E-state index < -0.39 is 0 Å². The summed E-state index contributed by atoms with van der Waals surface area (Å²) in [6.45, 7) is 0. The van der Waals surface area contributed by atoms with Crippen molar-refractivity contribution in [3.63, 3.8) is 0 Å². The zero-order valence-electron chi connectivity index (χ0n) is 6.02. The van der Waals surface area contributed by atoms with Crippen molar-refractivity contribution < 1.29 is 4.79 Å². The van der Waals surface area contributed by atoms with Crippen LogP contribution >= 0.6 is 0 Å². The molecule has 10 heavy (non-hydrogen) atoms. The SMILES string of the molecule is O=C1CCC2CCC[C]1N2. The van der Waals surface area contributed by atoms with Crippen molar-refractivity contribution >= 4 is 5.78 Å². The highest BCUT2D eigenvalue weighted by atomic mass is 16.1. The van der Waals surface area contributed by atoms with Crippen molar-refractivity contribution in [2.45, 2.75) is 38.1 Å². The summed E-state index contributed by atoms with van der Waals surface area (Å²) >= 11 is 0. The molecule has 1 unspecified atom stereocenters. The lowest BCUT2D eigenvalue weighted by Gasteiger charge is -2.33. The van der Waals surface area contributed by atoms with Crippen molar-refractivity contribution in [2.75, 3.05) is 0 Å². The Balaban J connectivity index is 2.07. The fourth-order valence-electron chi connectivity index (χ4n) is 1.81. The standard InChI is InChI=1S/C8H12NO/c10-8-5-4-6-2-1-3-7(8)9-6/h6,9H,1-5H2. The largest absolute Gasteiger partial charge is 0.300 e. The summed E-state index contributed by atoms with van der Waals surface area (Å²) in [4.78, 5) is 11.1. The highest BCUT2D eigenvalue weighted by Gasteiger charge is 2.31. The Kier molecular flexibility index (Phi) is 1.49. The molecular formula is C8H12NO. The molecule has 0 aromatic carbocycles. The van der Waals surface area contributed by atoms with Crippen molar-refractivity contribution in [2.24, 2.45) is 0 Å². The van der Waals surface area contributed by atoms with Crippen LogP contribution in [0, 0.1) is 6.04 Å². The first-order valence-electron chi connectivity index (χ1n) is 4.02. The molecule has 0 aromatic heterocycles. The van der Waals surface area contributed by atoms with Crippen LogP contribution in [0.1, 0.15) is 32.1 Å². The minimum atomic E-state index is 0.357. The van der Waals surface area contributed by atoms with E-state index in [1.807, 2.05) is 0 Å². The van der Waals surface area contributed by atoms with Gasteiger partial charge in [-0.05, 0) is 25.7 Å². The van der Waals surface area contributed by atoms with Crippen LogP contribution in [0.2, 0.25) is 0 Å². The van der Waals surface area contributed by atoms with E-state index in [4.69, 9.17) is 0 Å². The van der Waals surface area contributed by atoms with Crippen LogP contribution in [-0.4, -0.2) is 11.8 Å². The summed E-state index contributed by atoms with van der Waals surface area (Å²) in [5, 5.41) is 3.27. The summed E-state index contributed by atoms with van der Waals surface area (Å²) in [6.07, 6.45) is 5.31. The Morgan fingerprint density at radius 1 is 1.30 bits per heavy atom. The van der Waals surface area contributed by atoms with Gasteiger partial charge in [0, 0.05) is 12.5 Å². The number of hydrogen-bond donors (Lipinski definition) is 1. The highest BCUT2D eigenvalue weighted by molar-refractivity contribution is 5.92. The first kappa shape index (κ1) is 6.35. The molecule has 0 amide bonds. The van der Waals surface area contributed by atoms with E-state index in [-0.39, 0.29) is 0 Å². The lowest BCUT2D eigenvalue weighted by atomic mass is 9.86. The lowest BCUT2D eigenvalue weighted by Crippen LogP contribution is -2.45. The third-order valence-corrected chi connectivity index (χ3v) is 2.41. The molecule has 2 bridgehead atoms. The van der Waals surface area contributed by atoms with Crippen LogP contribution in [-0.2, 0) is 4.79 Å². The van der Waals surface area contributed by atoms with Gasteiger partial charge >= 0.3 is 0 Å². The number of piperidine rings is 2. The predicted octanol–water partition coefficient (Wildman–Crippen LogP) is 1.02. The second kappa shape index (κ2) is 2.35. The number of rotatable bonds is 0. The van der Waals surface area contributed by atoms with Crippen molar-refractivity contribution in [3.05, 3.63) is 6.04 Å². The number of hydrogen-bond acceptors (Lipinski definition) is 2. The molecular weight excluding hydrogens is 126 g/mol. The molecule has 2 fully saturated rings. The summed E-state index contributed by atoms with van der Waals surface area (Å²) < 4.78 is 0. The van der Waals surface area contributed by atoms with Gasteiger partial charge in [0.05, 0.1) is 0 Å².